The van der Waals surface area contributed by atoms with Crippen LogP contribution in [0.15, 0.2) is 54.6 Å². The minimum absolute atomic E-state index is 0.114. The van der Waals surface area contributed by atoms with Crippen molar-refractivity contribution in [1.82, 2.24) is 15.5 Å². The van der Waals surface area contributed by atoms with E-state index in [4.69, 9.17) is 4.74 Å². The molecule has 1 aliphatic heterocycles. The number of alkyl halides is 3. The Bertz CT molecular complexity index is 899. The monoisotopic (exact) mass is 463 g/mol. The highest BCUT2D eigenvalue weighted by atomic mass is 19.4. The van der Waals surface area contributed by atoms with Crippen LogP contribution in [0.3, 0.4) is 0 Å². The number of nitrogens with one attached hydrogen (secondary N) is 2. The van der Waals surface area contributed by atoms with Gasteiger partial charge in [0, 0.05) is 32.6 Å². The van der Waals surface area contributed by atoms with Crippen molar-refractivity contribution in [2.24, 2.45) is 0 Å². The van der Waals surface area contributed by atoms with Gasteiger partial charge in [0.1, 0.15) is 0 Å². The van der Waals surface area contributed by atoms with Crippen molar-refractivity contribution < 1.29 is 27.5 Å². The summed E-state index contributed by atoms with van der Waals surface area (Å²) in [6, 6.07) is 14.1. The molecule has 0 aliphatic carbocycles. The summed E-state index contributed by atoms with van der Waals surface area (Å²) in [4.78, 5) is 26.4. The molecule has 1 fully saturated rings. The lowest BCUT2D eigenvalue weighted by molar-refractivity contribution is -0.137. The van der Waals surface area contributed by atoms with E-state index in [0.29, 0.717) is 31.9 Å². The Hall–Kier alpha value is -2.91. The lowest BCUT2D eigenvalue weighted by atomic mass is 10.0. The number of nitrogens with zero attached hydrogens (tertiary/aromatic N) is 1. The van der Waals surface area contributed by atoms with Crippen molar-refractivity contribution in [3.8, 4) is 0 Å². The summed E-state index contributed by atoms with van der Waals surface area (Å²) in [6.45, 7) is 2.76. The van der Waals surface area contributed by atoms with Gasteiger partial charge >= 0.3 is 6.18 Å². The molecule has 0 aromatic heterocycles. The van der Waals surface area contributed by atoms with Gasteiger partial charge in [-0.05, 0) is 23.3 Å². The Morgan fingerprint density at radius 3 is 2.24 bits per heavy atom. The van der Waals surface area contributed by atoms with Crippen molar-refractivity contribution in [2.75, 3.05) is 39.4 Å². The lowest BCUT2D eigenvalue weighted by Crippen LogP contribution is -2.44. The zero-order chi connectivity index (χ0) is 23.7. The number of hydrogen-bond acceptors (Lipinski definition) is 4. The normalized spacial score (nSPS) is 15.6. The number of hydrogen-bond donors (Lipinski definition) is 2. The first kappa shape index (κ1) is 24.7. The SMILES string of the molecule is O=C(CCNC(=O)Cc1ccccc1)NCC(c1ccc(C(F)(F)F)cc1)N1CCOCC1. The minimum Gasteiger partial charge on any atom is -0.379 e. The maximum absolute atomic E-state index is 12.9. The highest BCUT2D eigenvalue weighted by Crippen LogP contribution is 2.31. The van der Waals surface area contributed by atoms with E-state index in [0.717, 1.165) is 17.7 Å². The largest absolute Gasteiger partial charge is 0.416 e. The molecule has 1 aliphatic rings. The predicted molar refractivity (Wildman–Crippen MR) is 117 cm³/mol. The first-order valence-electron chi connectivity index (χ1n) is 10.9. The molecule has 6 nitrogen and oxygen atoms in total. The number of morpholine rings is 1. The second-order valence-electron chi connectivity index (χ2n) is 7.85. The first-order valence-corrected chi connectivity index (χ1v) is 10.9. The highest BCUT2D eigenvalue weighted by molar-refractivity contribution is 5.80. The number of carbonyl (C=O) groups excluding carboxylic acids is 2. The molecule has 9 heteroatoms. The molecule has 2 aromatic rings. The molecule has 33 heavy (non-hydrogen) atoms. The molecule has 2 aromatic carbocycles. The van der Waals surface area contributed by atoms with Crippen LogP contribution in [0.2, 0.25) is 0 Å². The molecule has 2 amide bonds. The van der Waals surface area contributed by atoms with Gasteiger partial charge in [-0.25, -0.2) is 0 Å². The number of amides is 2. The second kappa shape index (κ2) is 11.8. The molecule has 1 atom stereocenters. The molecule has 0 radical (unpaired) electrons. The second-order valence-corrected chi connectivity index (χ2v) is 7.85. The molecule has 2 N–H and O–H groups in total. The Balaban J connectivity index is 1.51. The fourth-order valence-electron chi connectivity index (χ4n) is 3.70. The molecular formula is C24H28F3N3O3. The van der Waals surface area contributed by atoms with Crippen LogP contribution in [-0.4, -0.2) is 56.1 Å². The number of halogens is 3. The summed E-state index contributed by atoms with van der Waals surface area (Å²) < 4.78 is 44.1. The van der Waals surface area contributed by atoms with Gasteiger partial charge in [0.2, 0.25) is 11.8 Å². The zero-order valence-electron chi connectivity index (χ0n) is 18.2. The van der Waals surface area contributed by atoms with Crippen LogP contribution >= 0.6 is 0 Å². The van der Waals surface area contributed by atoms with E-state index in [2.05, 4.69) is 15.5 Å². The number of rotatable bonds is 9. The topological polar surface area (TPSA) is 70.7 Å². The van der Waals surface area contributed by atoms with Crippen molar-refractivity contribution >= 4 is 11.8 Å². The van der Waals surface area contributed by atoms with Gasteiger partial charge in [-0.1, -0.05) is 42.5 Å². The molecule has 1 heterocycles. The summed E-state index contributed by atoms with van der Waals surface area (Å²) in [5.41, 5.74) is 0.882. The van der Waals surface area contributed by atoms with Gasteiger partial charge in [-0.3, -0.25) is 14.5 Å². The molecule has 0 bridgehead atoms. The van der Waals surface area contributed by atoms with Crippen LogP contribution in [0, 0.1) is 0 Å². The summed E-state index contributed by atoms with van der Waals surface area (Å²) >= 11 is 0. The molecule has 1 unspecified atom stereocenters. The summed E-state index contributed by atoms with van der Waals surface area (Å²) in [5, 5.41) is 5.58. The zero-order valence-corrected chi connectivity index (χ0v) is 18.2. The Labute approximate surface area is 191 Å². The van der Waals surface area contributed by atoms with E-state index in [-0.39, 0.29) is 43.8 Å². The van der Waals surface area contributed by atoms with Crippen LogP contribution < -0.4 is 10.6 Å². The number of ether oxygens (including phenoxy) is 1. The van der Waals surface area contributed by atoms with Crippen molar-refractivity contribution in [2.45, 2.75) is 25.1 Å². The van der Waals surface area contributed by atoms with Crippen LogP contribution in [0.5, 0.6) is 0 Å². The third-order valence-corrected chi connectivity index (χ3v) is 5.48. The van der Waals surface area contributed by atoms with Gasteiger partial charge in [0.15, 0.2) is 0 Å². The number of carbonyl (C=O) groups is 2. The summed E-state index contributed by atoms with van der Waals surface area (Å²) in [7, 11) is 0. The Kier molecular flexibility index (Phi) is 8.85. The van der Waals surface area contributed by atoms with Crippen LogP contribution in [0.25, 0.3) is 0 Å². The third kappa shape index (κ3) is 7.87. The van der Waals surface area contributed by atoms with Gasteiger partial charge in [-0.2, -0.15) is 13.2 Å². The highest BCUT2D eigenvalue weighted by Gasteiger charge is 2.31. The number of benzene rings is 2. The quantitative estimate of drug-likeness (QED) is 0.600. The van der Waals surface area contributed by atoms with Crippen LogP contribution in [0.4, 0.5) is 13.2 Å². The fraction of sp³-hybridized carbons (Fsp3) is 0.417. The van der Waals surface area contributed by atoms with E-state index in [1.54, 1.807) is 0 Å². The molecule has 0 saturated carbocycles. The van der Waals surface area contributed by atoms with E-state index < -0.39 is 11.7 Å². The molecular weight excluding hydrogens is 435 g/mol. The molecule has 1 saturated heterocycles. The van der Waals surface area contributed by atoms with Gasteiger partial charge in [0.25, 0.3) is 0 Å². The smallest absolute Gasteiger partial charge is 0.379 e. The summed E-state index contributed by atoms with van der Waals surface area (Å²) in [5.74, 6) is -0.398. The van der Waals surface area contributed by atoms with Crippen molar-refractivity contribution in [3.05, 3.63) is 71.3 Å². The first-order chi connectivity index (χ1) is 15.8. The summed E-state index contributed by atoms with van der Waals surface area (Å²) in [6.07, 6.45) is -4.04. The predicted octanol–water partition coefficient (Wildman–Crippen LogP) is 2.94. The average molecular weight is 464 g/mol. The maximum Gasteiger partial charge on any atom is 0.416 e. The van der Waals surface area contributed by atoms with Crippen molar-refractivity contribution in [1.29, 1.82) is 0 Å². The van der Waals surface area contributed by atoms with E-state index in [9.17, 15) is 22.8 Å². The van der Waals surface area contributed by atoms with Gasteiger partial charge in [-0.15, -0.1) is 0 Å². The standard InChI is InChI=1S/C24H28F3N3O3/c25-24(26,27)20-8-6-19(7-9-20)21(30-12-14-33-15-13-30)17-29-22(31)10-11-28-23(32)16-18-4-2-1-3-5-18/h1-9,21H,10-17H2,(H,28,32)(H,29,31). The lowest BCUT2D eigenvalue weighted by Gasteiger charge is -2.35. The van der Waals surface area contributed by atoms with Crippen LogP contribution in [0.1, 0.15) is 29.2 Å². The van der Waals surface area contributed by atoms with E-state index in [1.165, 1.54) is 12.1 Å². The minimum atomic E-state index is -4.40. The third-order valence-electron chi connectivity index (χ3n) is 5.48. The molecule has 178 valence electrons. The van der Waals surface area contributed by atoms with Crippen molar-refractivity contribution in [3.63, 3.8) is 0 Å². The van der Waals surface area contributed by atoms with E-state index in [1.807, 2.05) is 30.3 Å². The Morgan fingerprint density at radius 2 is 1.61 bits per heavy atom. The maximum atomic E-state index is 12.9. The molecule has 0 spiro atoms. The Morgan fingerprint density at radius 1 is 0.939 bits per heavy atom. The fourth-order valence-corrected chi connectivity index (χ4v) is 3.70. The van der Waals surface area contributed by atoms with Gasteiger partial charge < -0.3 is 15.4 Å². The molecule has 3 rings (SSSR count). The van der Waals surface area contributed by atoms with Gasteiger partial charge in [0.05, 0.1) is 31.2 Å². The van der Waals surface area contributed by atoms with E-state index >= 15 is 0 Å². The van der Waals surface area contributed by atoms with Crippen LogP contribution in [-0.2, 0) is 26.9 Å². The average Bonchev–Trinajstić information content (AvgIpc) is 2.80.